The molecule has 3 rings (SSSR count). The molecule has 0 heterocycles. The van der Waals surface area contributed by atoms with Gasteiger partial charge in [0.2, 0.25) is 15.9 Å². The number of rotatable bonds is 7. The maximum atomic E-state index is 13.5. The Morgan fingerprint density at radius 3 is 2.66 bits per heavy atom. The minimum atomic E-state index is -3.70. The summed E-state index contributed by atoms with van der Waals surface area (Å²) in [6.45, 7) is -0.00141. The third-order valence-corrected chi connectivity index (χ3v) is 6.26. The summed E-state index contributed by atoms with van der Waals surface area (Å²) in [7, 11) is -3.70. The zero-order valence-corrected chi connectivity index (χ0v) is 17.0. The molecule has 8 heteroatoms. The molecule has 0 spiro atoms. The van der Waals surface area contributed by atoms with Crippen molar-refractivity contribution < 1.29 is 22.0 Å². The first-order chi connectivity index (χ1) is 13.8. The second-order valence-electron chi connectivity index (χ2n) is 7.25. The molecule has 0 fully saturated rings. The van der Waals surface area contributed by atoms with Crippen molar-refractivity contribution in [3.8, 4) is 0 Å². The maximum absolute atomic E-state index is 13.5. The number of fused-ring (bicyclic) bond motifs is 1. The van der Waals surface area contributed by atoms with Gasteiger partial charge in [0.1, 0.15) is 0 Å². The molecule has 0 bridgehead atoms. The highest BCUT2D eigenvalue weighted by atomic mass is 32.2. The van der Waals surface area contributed by atoms with Crippen LogP contribution in [-0.4, -0.2) is 27.1 Å². The van der Waals surface area contributed by atoms with Crippen LogP contribution in [0.4, 0.5) is 14.5 Å². The number of anilines is 1. The number of halogens is 2. The SMILES string of the molecule is CS(=O)(=O)N(CCCC(=O)N[C@H]1CCCc2ccccc21)c1ccc(F)c(F)c1. The smallest absolute Gasteiger partial charge is 0.232 e. The first-order valence-electron chi connectivity index (χ1n) is 9.55. The van der Waals surface area contributed by atoms with Crippen LogP contribution in [0, 0.1) is 11.6 Å². The van der Waals surface area contributed by atoms with Crippen LogP contribution in [0.25, 0.3) is 0 Å². The van der Waals surface area contributed by atoms with Gasteiger partial charge >= 0.3 is 0 Å². The Morgan fingerprint density at radius 2 is 1.93 bits per heavy atom. The van der Waals surface area contributed by atoms with Gasteiger partial charge in [-0.05, 0) is 48.9 Å². The van der Waals surface area contributed by atoms with Crippen LogP contribution in [-0.2, 0) is 21.2 Å². The lowest BCUT2D eigenvalue weighted by Gasteiger charge is -2.26. The van der Waals surface area contributed by atoms with Crippen molar-refractivity contribution in [1.82, 2.24) is 5.32 Å². The molecule has 1 aliphatic rings. The van der Waals surface area contributed by atoms with Crippen molar-refractivity contribution in [1.29, 1.82) is 0 Å². The summed E-state index contributed by atoms with van der Waals surface area (Å²) >= 11 is 0. The Kier molecular flexibility index (Phi) is 6.52. The monoisotopic (exact) mass is 422 g/mol. The molecule has 29 heavy (non-hydrogen) atoms. The van der Waals surface area contributed by atoms with E-state index in [1.165, 1.54) is 11.6 Å². The molecule has 0 radical (unpaired) electrons. The molecule has 0 unspecified atom stereocenters. The molecule has 156 valence electrons. The molecule has 0 saturated heterocycles. The molecule has 0 aliphatic heterocycles. The first kappa shape index (κ1) is 21.2. The van der Waals surface area contributed by atoms with Gasteiger partial charge < -0.3 is 5.32 Å². The average molecular weight is 422 g/mol. The quantitative estimate of drug-likeness (QED) is 0.740. The summed E-state index contributed by atoms with van der Waals surface area (Å²) in [5.74, 6) is -2.33. The number of aryl methyl sites for hydroxylation is 1. The molecule has 1 atom stereocenters. The highest BCUT2D eigenvalue weighted by molar-refractivity contribution is 7.92. The number of hydrogen-bond donors (Lipinski definition) is 1. The Hall–Kier alpha value is -2.48. The lowest BCUT2D eigenvalue weighted by Crippen LogP contribution is -2.33. The van der Waals surface area contributed by atoms with Crippen molar-refractivity contribution in [3.05, 3.63) is 65.2 Å². The predicted octanol–water partition coefficient (Wildman–Crippen LogP) is 3.70. The molecular weight excluding hydrogens is 398 g/mol. The second-order valence-corrected chi connectivity index (χ2v) is 9.16. The number of hydrogen-bond acceptors (Lipinski definition) is 3. The molecule has 2 aromatic carbocycles. The van der Waals surface area contributed by atoms with Crippen LogP contribution in [0.3, 0.4) is 0 Å². The fourth-order valence-electron chi connectivity index (χ4n) is 3.68. The van der Waals surface area contributed by atoms with E-state index < -0.39 is 21.7 Å². The van der Waals surface area contributed by atoms with Gasteiger partial charge in [0.05, 0.1) is 18.0 Å². The highest BCUT2D eigenvalue weighted by Gasteiger charge is 2.22. The summed E-state index contributed by atoms with van der Waals surface area (Å²) in [5, 5.41) is 3.03. The molecule has 1 aliphatic carbocycles. The number of nitrogens with zero attached hydrogens (tertiary/aromatic N) is 1. The predicted molar refractivity (Wildman–Crippen MR) is 108 cm³/mol. The van der Waals surface area contributed by atoms with Gasteiger partial charge in [0.25, 0.3) is 0 Å². The lowest BCUT2D eigenvalue weighted by atomic mass is 9.87. The maximum Gasteiger partial charge on any atom is 0.232 e. The van der Waals surface area contributed by atoms with Gasteiger partial charge in [-0.2, -0.15) is 0 Å². The van der Waals surface area contributed by atoms with Gasteiger partial charge in [-0.3, -0.25) is 9.10 Å². The molecule has 0 aromatic heterocycles. The van der Waals surface area contributed by atoms with Crippen LogP contribution < -0.4 is 9.62 Å². The van der Waals surface area contributed by atoms with Crippen molar-refractivity contribution in [3.63, 3.8) is 0 Å². The zero-order valence-electron chi connectivity index (χ0n) is 16.2. The average Bonchev–Trinajstić information content (AvgIpc) is 2.67. The van der Waals surface area contributed by atoms with E-state index in [4.69, 9.17) is 0 Å². The molecular formula is C21H24F2N2O3S. The summed E-state index contributed by atoms with van der Waals surface area (Å²) < 4.78 is 51.8. The Morgan fingerprint density at radius 1 is 1.17 bits per heavy atom. The summed E-state index contributed by atoms with van der Waals surface area (Å²) in [5.41, 5.74) is 2.41. The number of nitrogens with one attached hydrogen (secondary N) is 1. The van der Waals surface area contributed by atoms with Crippen LogP contribution in [0.15, 0.2) is 42.5 Å². The van der Waals surface area contributed by atoms with E-state index in [1.54, 1.807) is 0 Å². The third kappa shape index (κ3) is 5.32. The zero-order chi connectivity index (χ0) is 21.0. The van der Waals surface area contributed by atoms with E-state index in [0.717, 1.165) is 47.5 Å². The van der Waals surface area contributed by atoms with E-state index in [2.05, 4.69) is 11.4 Å². The van der Waals surface area contributed by atoms with Crippen LogP contribution >= 0.6 is 0 Å². The first-order valence-corrected chi connectivity index (χ1v) is 11.4. The van der Waals surface area contributed by atoms with E-state index in [0.29, 0.717) is 0 Å². The van der Waals surface area contributed by atoms with Crippen LogP contribution in [0.5, 0.6) is 0 Å². The van der Waals surface area contributed by atoms with Crippen molar-refractivity contribution in [2.24, 2.45) is 0 Å². The summed E-state index contributed by atoms with van der Waals surface area (Å²) in [4.78, 5) is 12.4. The van der Waals surface area contributed by atoms with Crippen molar-refractivity contribution in [2.45, 2.75) is 38.1 Å². The van der Waals surface area contributed by atoms with E-state index in [9.17, 15) is 22.0 Å². The lowest BCUT2D eigenvalue weighted by molar-refractivity contribution is -0.122. The number of carbonyl (C=O) groups is 1. The number of amides is 1. The summed E-state index contributed by atoms with van der Waals surface area (Å²) in [6, 6.07) is 10.9. The molecule has 5 nitrogen and oxygen atoms in total. The molecule has 0 saturated carbocycles. The number of benzene rings is 2. The second kappa shape index (κ2) is 8.90. The van der Waals surface area contributed by atoms with E-state index in [1.807, 2.05) is 18.2 Å². The van der Waals surface area contributed by atoms with Crippen molar-refractivity contribution in [2.75, 3.05) is 17.1 Å². The van der Waals surface area contributed by atoms with E-state index >= 15 is 0 Å². The standard InChI is InChI=1S/C21H24F2N2O3S/c1-29(27,28)25(16-11-12-18(22)19(23)14-16)13-5-10-21(26)24-20-9-4-7-15-6-2-3-8-17(15)20/h2-3,6,8,11-12,14,20H,4-5,7,9-10,13H2,1H3,(H,24,26)/t20-/m0/s1. The Balaban J connectivity index is 1.60. The van der Waals surface area contributed by atoms with Gasteiger partial charge in [-0.15, -0.1) is 0 Å². The number of carbonyl (C=O) groups excluding carboxylic acids is 1. The van der Waals surface area contributed by atoms with Gasteiger partial charge in [0, 0.05) is 19.0 Å². The third-order valence-electron chi connectivity index (χ3n) is 5.06. The van der Waals surface area contributed by atoms with Crippen LogP contribution in [0.2, 0.25) is 0 Å². The minimum absolute atomic E-state index is 0.00141. The molecule has 2 aromatic rings. The summed E-state index contributed by atoms with van der Waals surface area (Å²) in [6.07, 6.45) is 4.25. The van der Waals surface area contributed by atoms with E-state index in [-0.39, 0.29) is 37.0 Å². The fraction of sp³-hybridized carbons (Fsp3) is 0.381. The van der Waals surface area contributed by atoms with Gasteiger partial charge in [-0.1, -0.05) is 24.3 Å². The van der Waals surface area contributed by atoms with Gasteiger partial charge in [0.15, 0.2) is 11.6 Å². The number of sulfonamides is 1. The molecule has 1 amide bonds. The van der Waals surface area contributed by atoms with Crippen LogP contribution in [0.1, 0.15) is 42.9 Å². The Labute approximate surface area is 169 Å². The Bertz CT molecular complexity index is 995. The highest BCUT2D eigenvalue weighted by Crippen LogP contribution is 2.29. The minimum Gasteiger partial charge on any atom is -0.349 e. The largest absolute Gasteiger partial charge is 0.349 e. The molecule has 1 N–H and O–H groups in total. The topological polar surface area (TPSA) is 66.5 Å². The normalized spacial score (nSPS) is 16.2. The van der Waals surface area contributed by atoms with Crippen molar-refractivity contribution >= 4 is 21.6 Å². The van der Waals surface area contributed by atoms with Gasteiger partial charge in [-0.25, -0.2) is 17.2 Å². The fourth-order valence-corrected chi connectivity index (χ4v) is 4.64.